The summed E-state index contributed by atoms with van der Waals surface area (Å²) in [5.74, 6) is 0.611. The zero-order valence-corrected chi connectivity index (χ0v) is 22.4. The van der Waals surface area contributed by atoms with E-state index in [2.05, 4.69) is 26.0 Å². The van der Waals surface area contributed by atoms with Crippen molar-refractivity contribution in [1.29, 1.82) is 0 Å². The zero-order chi connectivity index (χ0) is 24.4. The molecule has 33 heavy (non-hydrogen) atoms. The van der Waals surface area contributed by atoms with Gasteiger partial charge in [0.2, 0.25) is 5.44 Å². The molecular weight excluding hydrogens is 432 g/mol. The van der Waals surface area contributed by atoms with E-state index in [4.69, 9.17) is 4.74 Å². The van der Waals surface area contributed by atoms with Crippen molar-refractivity contribution in [3.8, 4) is 5.75 Å². The topological polar surface area (TPSA) is 63.6 Å². The minimum Gasteiger partial charge on any atom is -0.472 e. The van der Waals surface area contributed by atoms with Crippen molar-refractivity contribution >= 4 is 10.1 Å². The van der Waals surface area contributed by atoms with Gasteiger partial charge in [-0.25, -0.2) is 0 Å². The smallest absolute Gasteiger partial charge is 0.303 e. The highest BCUT2D eigenvalue weighted by Crippen LogP contribution is 2.27. The normalized spacial score (nSPS) is 12.7. The maximum absolute atomic E-state index is 11.8. The number of unbranched alkanes of at least 4 members (excludes halogenated alkanes) is 12. The standard InChI is InChI=1S/C28H50O4S/c1-4-7-9-11-13-15-17-20-25-22-23-27(32-28(19-6-3)33(29,30)31)26(24-25)21-18-16-14-12-10-8-5-2/h22-24,28H,4-21H2,1-3H3,(H,29,30,31). The number of ether oxygens (including phenoxy) is 1. The summed E-state index contributed by atoms with van der Waals surface area (Å²) in [6.45, 7) is 6.38. The maximum Gasteiger partial charge on any atom is 0.303 e. The predicted octanol–water partition coefficient (Wildman–Crippen LogP) is 8.67. The van der Waals surface area contributed by atoms with Crippen LogP contribution in [0.25, 0.3) is 0 Å². The Labute approximate surface area is 204 Å². The summed E-state index contributed by atoms with van der Waals surface area (Å²) in [5.41, 5.74) is 1.19. The van der Waals surface area contributed by atoms with Crippen molar-refractivity contribution in [1.82, 2.24) is 0 Å². The van der Waals surface area contributed by atoms with E-state index in [0.29, 0.717) is 12.2 Å². The summed E-state index contributed by atoms with van der Waals surface area (Å²) in [7, 11) is -4.24. The van der Waals surface area contributed by atoms with E-state index in [1.165, 1.54) is 89.0 Å². The van der Waals surface area contributed by atoms with Gasteiger partial charge in [-0.1, -0.05) is 116 Å². The van der Waals surface area contributed by atoms with Crippen molar-refractivity contribution in [2.24, 2.45) is 0 Å². The van der Waals surface area contributed by atoms with Crippen LogP contribution in [0.15, 0.2) is 18.2 Å². The first-order valence-electron chi connectivity index (χ1n) is 13.7. The van der Waals surface area contributed by atoms with Crippen LogP contribution in [0.4, 0.5) is 0 Å². The first-order valence-corrected chi connectivity index (χ1v) is 15.2. The van der Waals surface area contributed by atoms with Crippen LogP contribution in [0.5, 0.6) is 5.75 Å². The SMILES string of the molecule is CCCCCCCCCc1ccc(OC(CCC)S(=O)(=O)O)c(CCCCCCCCC)c1. The fourth-order valence-electron chi connectivity index (χ4n) is 4.30. The third-order valence-electron chi connectivity index (χ3n) is 6.36. The van der Waals surface area contributed by atoms with Gasteiger partial charge >= 0.3 is 10.1 Å². The molecular formula is C28H50O4S. The Morgan fingerprint density at radius 3 is 1.76 bits per heavy atom. The molecule has 0 fully saturated rings. The molecule has 192 valence electrons. The molecule has 0 saturated carbocycles. The summed E-state index contributed by atoms with van der Waals surface area (Å²) in [5, 5.41) is 0. The molecule has 1 atom stereocenters. The van der Waals surface area contributed by atoms with E-state index in [1.54, 1.807) is 0 Å². The van der Waals surface area contributed by atoms with Gasteiger partial charge in [-0.2, -0.15) is 8.42 Å². The van der Waals surface area contributed by atoms with E-state index < -0.39 is 15.6 Å². The maximum atomic E-state index is 11.8. The largest absolute Gasteiger partial charge is 0.472 e. The summed E-state index contributed by atoms with van der Waals surface area (Å²) in [4.78, 5) is 0. The van der Waals surface area contributed by atoms with Crippen LogP contribution in [0.1, 0.15) is 135 Å². The molecule has 1 aromatic carbocycles. The van der Waals surface area contributed by atoms with Crippen molar-refractivity contribution in [3.05, 3.63) is 29.3 Å². The third kappa shape index (κ3) is 14.0. The lowest BCUT2D eigenvalue weighted by molar-refractivity contribution is 0.243. The van der Waals surface area contributed by atoms with E-state index in [0.717, 1.165) is 24.8 Å². The van der Waals surface area contributed by atoms with Gasteiger partial charge in [0, 0.05) is 6.42 Å². The van der Waals surface area contributed by atoms with Gasteiger partial charge in [0.25, 0.3) is 0 Å². The molecule has 4 nitrogen and oxygen atoms in total. The van der Waals surface area contributed by atoms with Crippen molar-refractivity contribution < 1.29 is 17.7 Å². The molecule has 5 heteroatoms. The monoisotopic (exact) mass is 482 g/mol. The molecule has 0 bridgehead atoms. The van der Waals surface area contributed by atoms with Crippen LogP contribution in [0.2, 0.25) is 0 Å². The second-order valence-corrected chi connectivity index (χ2v) is 11.1. The Balaban J connectivity index is 2.72. The Morgan fingerprint density at radius 1 is 0.727 bits per heavy atom. The average Bonchev–Trinajstić information content (AvgIpc) is 2.78. The fraction of sp³-hybridized carbons (Fsp3) is 0.786. The number of benzene rings is 1. The minimum absolute atomic E-state index is 0.287. The summed E-state index contributed by atoms with van der Waals surface area (Å²) < 4.78 is 39.0. The van der Waals surface area contributed by atoms with Gasteiger partial charge in [-0.05, 0) is 42.9 Å². The molecule has 1 aromatic rings. The van der Waals surface area contributed by atoms with Gasteiger partial charge in [0.15, 0.2) is 0 Å². The van der Waals surface area contributed by atoms with Crippen LogP contribution >= 0.6 is 0 Å². The third-order valence-corrected chi connectivity index (χ3v) is 7.35. The van der Waals surface area contributed by atoms with E-state index in [1.807, 2.05) is 13.0 Å². The quantitative estimate of drug-likeness (QED) is 0.141. The summed E-state index contributed by atoms with van der Waals surface area (Å²) in [6.07, 6.45) is 20.6. The molecule has 0 saturated heterocycles. The van der Waals surface area contributed by atoms with Gasteiger partial charge < -0.3 is 4.74 Å². The lowest BCUT2D eigenvalue weighted by atomic mass is 9.99. The lowest BCUT2D eigenvalue weighted by Crippen LogP contribution is -2.27. The van der Waals surface area contributed by atoms with E-state index in [-0.39, 0.29) is 6.42 Å². The summed E-state index contributed by atoms with van der Waals surface area (Å²) in [6, 6.07) is 6.19. The zero-order valence-electron chi connectivity index (χ0n) is 21.6. The second-order valence-electron chi connectivity index (χ2n) is 9.54. The molecule has 1 N–H and O–H groups in total. The molecule has 0 amide bonds. The Kier molecular flexibility index (Phi) is 16.6. The average molecular weight is 483 g/mol. The highest BCUT2D eigenvalue weighted by molar-refractivity contribution is 7.86. The molecule has 0 radical (unpaired) electrons. The number of hydrogen-bond acceptors (Lipinski definition) is 3. The molecule has 0 aromatic heterocycles. The molecule has 0 heterocycles. The Hall–Kier alpha value is -1.07. The predicted molar refractivity (Wildman–Crippen MR) is 141 cm³/mol. The van der Waals surface area contributed by atoms with Gasteiger partial charge in [0.05, 0.1) is 0 Å². The van der Waals surface area contributed by atoms with Crippen LogP contribution in [-0.4, -0.2) is 18.4 Å². The molecule has 0 aliphatic heterocycles. The Bertz CT molecular complexity index is 715. The first kappa shape index (κ1) is 30.0. The first-order chi connectivity index (χ1) is 15.9. The highest BCUT2D eigenvalue weighted by Gasteiger charge is 2.25. The van der Waals surface area contributed by atoms with Crippen molar-refractivity contribution in [2.75, 3.05) is 0 Å². The van der Waals surface area contributed by atoms with Crippen LogP contribution in [0, 0.1) is 0 Å². The Morgan fingerprint density at radius 2 is 1.24 bits per heavy atom. The van der Waals surface area contributed by atoms with Crippen molar-refractivity contribution in [3.63, 3.8) is 0 Å². The molecule has 0 spiro atoms. The van der Waals surface area contributed by atoms with Gasteiger partial charge in [-0.3, -0.25) is 4.55 Å². The molecule has 1 rings (SSSR count). The molecule has 0 aliphatic carbocycles. The van der Waals surface area contributed by atoms with Gasteiger partial charge in [0.1, 0.15) is 5.75 Å². The van der Waals surface area contributed by atoms with Crippen molar-refractivity contribution in [2.45, 2.75) is 142 Å². The van der Waals surface area contributed by atoms with E-state index in [9.17, 15) is 13.0 Å². The molecule has 0 aliphatic rings. The number of aryl methyl sites for hydroxylation is 2. The van der Waals surface area contributed by atoms with E-state index >= 15 is 0 Å². The minimum atomic E-state index is -4.24. The lowest BCUT2D eigenvalue weighted by Gasteiger charge is -2.19. The highest BCUT2D eigenvalue weighted by atomic mass is 32.2. The number of rotatable bonds is 21. The number of hydrogen-bond donors (Lipinski definition) is 1. The fourth-order valence-corrected chi connectivity index (χ4v) is 5.06. The van der Waals surface area contributed by atoms with Crippen LogP contribution in [0.3, 0.4) is 0 Å². The molecule has 1 unspecified atom stereocenters. The van der Waals surface area contributed by atoms with Crippen LogP contribution < -0.4 is 4.74 Å². The van der Waals surface area contributed by atoms with Gasteiger partial charge in [-0.15, -0.1) is 0 Å². The second kappa shape index (κ2) is 18.3. The summed E-state index contributed by atoms with van der Waals surface area (Å²) >= 11 is 0. The van der Waals surface area contributed by atoms with Crippen LogP contribution in [-0.2, 0) is 23.0 Å².